The van der Waals surface area contributed by atoms with Gasteiger partial charge in [0.05, 0.1) is 18.8 Å². The Hall–Kier alpha value is -0.120. The molecule has 0 bridgehead atoms. The number of aliphatic hydroxyl groups excluding tert-OH is 1. The van der Waals surface area contributed by atoms with E-state index in [1.807, 2.05) is 6.92 Å². The van der Waals surface area contributed by atoms with Gasteiger partial charge in [-0.1, -0.05) is 0 Å². The van der Waals surface area contributed by atoms with E-state index in [1.165, 1.54) is 0 Å². The van der Waals surface area contributed by atoms with Crippen molar-refractivity contribution < 1.29 is 9.84 Å². The molecule has 1 rings (SSSR count). The van der Waals surface area contributed by atoms with Gasteiger partial charge in [-0.25, -0.2) is 0 Å². The molecule has 1 heterocycles. The lowest BCUT2D eigenvalue weighted by Crippen LogP contribution is -2.45. The summed E-state index contributed by atoms with van der Waals surface area (Å²) in [5.74, 6) is 0. The van der Waals surface area contributed by atoms with E-state index in [1.54, 1.807) is 0 Å². The van der Waals surface area contributed by atoms with Crippen LogP contribution in [0.1, 0.15) is 33.6 Å². The van der Waals surface area contributed by atoms with Gasteiger partial charge < -0.3 is 15.2 Å². The summed E-state index contributed by atoms with van der Waals surface area (Å²) < 4.78 is 5.63. The van der Waals surface area contributed by atoms with Gasteiger partial charge in [-0.05, 0) is 33.6 Å². The van der Waals surface area contributed by atoms with Crippen molar-refractivity contribution in [3.63, 3.8) is 0 Å². The fourth-order valence-corrected chi connectivity index (χ4v) is 2.00. The average Bonchev–Trinajstić information content (AvgIpc) is 2.02. The lowest BCUT2D eigenvalue weighted by Gasteiger charge is -2.34. The van der Waals surface area contributed by atoms with E-state index in [2.05, 4.69) is 19.2 Å². The number of nitrogens with one attached hydrogen (secondary N) is 1. The molecule has 1 fully saturated rings. The first-order valence-electron chi connectivity index (χ1n) is 5.14. The highest BCUT2D eigenvalue weighted by Gasteiger charge is 2.24. The van der Waals surface area contributed by atoms with Crippen molar-refractivity contribution in [2.45, 2.75) is 57.9 Å². The molecule has 78 valence electrons. The van der Waals surface area contributed by atoms with Crippen molar-refractivity contribution in [2.24, 2.45) is 0 Å². The van der Waals surface area contributed by atoms with Gasteiger partial charge in [0.15, 0.2) is 0 Å². The lowest BCUT2D eigenvalue weighted by atomic mass is 9.99. The van der Waals surface area contributed by atoms with Gasteiger partial charge >= 0.3 is 0 Å². The second-order valence-electron chi connectivity index (χ2n) is 4.18. The molecule has 3 nitrogen and oxygen atoms in total. The van der Waals surface area contributed by atoms with Crippen LogP contribution in [0, 0.1) is 0 Å². The molecule has 2 N–H and O–H groups in total. The van der Waals surface area contributed by atoms with Crippen LogP contribution in [0.2, 0.25) is 0 Å². The Kier molecular flexibility index (Phi) is 4.16. The van der Waals surface area contributed by atoms with E-state index in [0.29, 0.717) is 18.2 Å². The summed E-state index contributed by atoms with van der Waals surface area (Å²) in [7, 11) is 0. The summed E-state index contributed by atoms with van der Waals surface area (Å²) in [4.78, 5) is 0. The molecule has 3 heteroatoms. The number of hydrogen-bond donors (Lipinski definition) is 2. The maximum absolute atomic E-state index is 8.90. The second kappa shape index (κ2) is 4.94. The molecule has 0 aliphatic carbocycles. The number of hydrogen-bond acceptors (Lipinski definition) is 3. The van der Waals surface area contributed by atoms with Gasteiger partial charge in [-0.3, -0.25) is 0 Å². The molecule has 4 atom stereocenters. The molecule has 0 radical (unpaired) electrons. The third-order valence-electron chi connectivity index (χ3n) is 2.49. The highest BCUT2D eigenvalue weighted by molar-refractivity contribution is 4.80. The molecule has 0 saturated carbocycles. The predicted molar refractivity (Wildman–Crippen MR) is 52.7 cm³/mol. The maximum Gasteiger partial charge on any atom is 0.0582 e. The zero-order valence-electron chi connectivity index (χ0n) is 8.79. The van der Waals surface area contributed by atoms with E-state index in [-0.39, 0.29) is 12.6 Å². The Bertz CT molecular complexity index is 142. The summed E-state index contributed by atoms with van der Waals surface area (Å²) in [6, 6.07) is 0.698. The Balaban J connectivity index is 2.32. The van der Waals surface area contributed by atoms with Crippen molar-refractivity contribution in [3.8, 4) is 0 Å². The largest absolute Gasteiger partial charge is 0.395 e. The van der Waals surface area contributed by atoms with E-state index in [9.17, 15) is 0 Å². The van der Waals surface area contributed by atoms with Crippen molar-refractivity contribution in [1.82, 2.24) is 5.32 Å². The first kappa shape index (κ1) is 11.0. The topological polar surface area (TPSA) is 41.5 Å². The Morgan fingerprint density at radius 2 is 1.92 bits per heavy atom. The Morgan fingerprint density at radius 1 is 1.38 bits per heavy atom. The first-order valence-corrected chi connectivity index (χ1v) is 5.14. The zero-order chi connectivity index (χ0) is 9.84. The SMILES string of the molecule is C[C@@H]1CC(N[C@@H](C)CO)C[C@H](C)O1. The van der Waals surface area contributed by atoms with Crippen LogP contribution in [0.4, 0.5) is 0 Å². The minimum absolute atomic E-state index is 0.197. The van der Waals surface area contributed by atoms with E-state index < -0.39 is 0 Å². The van der Waals surface area contributed by atoms with Crippen LogP contribution in [-0.2, 0) is 4.74 Å². The summed E-state index contributed by atoms with van der Waals surface area (Å²) in [5.41, 5.74) is 0. The lowest BCUT2D eigenvalue weighted by molar-refractivity contribution is -0.0440. The van der Waals surface area contributed by atoms with Crippen molar-refractivity contribution in [2.75, 3.05) is 6.61 Å². The monoisotopic (exact) mass is 187 g/mol. The summed E-state index contributed by atoms with van der Waals surface area (Å²) in [6.45, 7) is 6.42. The first-order chi connectivity index (χ1) is 6.11. The van der Waals surface area contributed by atoms with E-state index in [0.717, 1.165) is 12.8 Å². The van der Waals surface area contributed by atoms with Gasteiger partial charge in [0.1, 0.15) is 0 Å². The maximum atomic E-state index is 8.90. The summed E-state index contributed by atoms with van der Waals surface area (Å²) in [6.07, 6.45) is 2.78. The van der Waals surface area contributed by atoms with Crippen molar-refractivity contribution in [3.05, 3.63) is 0 Å². The van der Waals surface area contributed by atoms with Crippen LogP contribution >= 0.6 is 0 Å². The van der Waals surface area contributed by atoms with Gasteiger partial charge in [-0.2, -0.15) is 0 Å². The molecule has 13 heavy (non-hydrogen) atoms. The van der Waals surface area contributed by atoms with Crippen LogP contribution in [0.5, 0.6) is 0 Å². The van der Waals surface area contributed by atoms with Crippen LogP contribution in [0.3, 0.4) is 0 Å². The van der Waals surface area contributed by atoms with Crippen molar-refractivity contribution in [1.29, 1.82) is 0 Å². The third-order valence-corrected chi connectivity index (χ3v) is 2.49. The summed E-state index contributed by atoms with van der Waals surface area (Å²) in [5, 5.41) is 12.3. The Morgan fingerprint density at radius 3 is 2.38 bits per heavy atom. The van der Waals surface area contributed by atoms with Gasteiger partial charge in [0.25, 0.3) is 0 Å². The molecule has 0 aromatic rings. The van der Waals surface area contributed by atoms with Crippen LogP contribution < -0.4 is 5.32 Å². The highest BCUT2D eigenvalue weighted by Crippen LogP contribution is 2.19. The van der Waals surface area contributed by atoms with Gasteiger partial charge in [0.2, 0.25) is 0 Å². The Labute approximate surface area is 80.5 Å². The quantitative estimate of drug-likeness (QED) is 0.690. The minimum atomic E-state index is 0.197. The predicted octanol–water partition coefficient (Wildman–Crippen LogP) is 0.913. The fraction of sp³-hybridized carbons (Fsp3) is 1.00. The van der Waals surface area contributed by atoms with E-state index >= 15 is 0 Å². The molecule has 1 aliphatic rings. The zero-order valence-corrected chi connectivity index (χ0v) is 8.79. The normalized spacial score (nSPS) is 37.4. The molecular weight excluding hydrogens is 166 g/mol. The number of rotatable bonds is 3. The number of aliphatic hydroxyl groups is 1. The van der Waals surface area contributed by atoms with Crippen LogP contribution in [0.25, 0.3) is 0 Å². The molecule has 0 spiro atoms. The molecule has 0 aromatic carbocycles. The number of ether oxygens (including phenoxy) is 1. The molecule has 0 aromatic heterocycles. The van der Waals surface area contributed by atoms with Crippen LogP contribution in [-0.4, -0.2) is 36.0 Å². The highest BCUT2D eigenvalue weighted by atomic mass is 16.5. The van der Waals surface area contributed by atoms with Gasteiger partial charge in [-0.15, -0.1) is 0 Å². The van der Waals surface area contributed by atoms with Crippen LogP contribution in [0.15, 0.2) is 0 Å². The smallest absolute Gasteiger partial charge is 0.0582 e. The molecule has 1 saturated heterocycles. The molecule has 1 unspecified atom stereocenters. The third kappa shape index (κ3) is 3.63. The standard InChI is InChI=1S/C10H21NO2/c1-7(6-12)11-10-4-8(2)13-9(3)5-10/h7-12H,4-6H2,1-3H3/t7-,8-,9+,10?/m0/s1. The second-order valence-corrected chi connectivity index (χ2v) is 4.18. The average molecular weight is 187 g/mol. The van der Waals surface area contributed by atoms with E-state index in [4.69, 9.17) is 9.84 Å². The molecular formula is C10H21NO2. The minimum Gasteiger partial charge on any atom is -0.395 e. The summed E-state index contributed by atoms with van der Waals surface area (Å²) >= 11 is 0. The van der Waals surface area contributed by atoms with Crippen molar-refractivity contribution >= 4 is 0 Å². The fourth-order valence-electron chi connectivity index (χ4n) is 2.00. The molecule has 1 aliphatic heterocycles. The van der Waals surface area contributed by atoms with Gasteiger partial charge in [0, 0.05) is 12.1 Å². The molecule has 0 amide bonds.